The molecule has 0 rings (SSSR count). The van der Waals surface area contributed by atoms with Gasteiger partial charge in [-0.05, 0) is 19.3 Å². The Kier molecular flexibility index (Phi) is 35.9. The molecule has 0 spiro atoms. The van der Waals surface area contributed by atoms with Crippen molar-refractivity contribution in [2.75, 3.05) is 6.61 Å². The van der Waals surface area contributed by atoms with Crippen molar-refractivity contribution in [2.45, 2.75) is 259 Å². The fourth-order valence-corrected chi connectivity index (χ4v) is 6.96. The fraction of sp³-hybridized carbons (Fsp3) is 0.977. The highest BCUT2D eigenvalue weighted by Gasteiger charge is 2.25. The normalized spacial score (nSPS) is 12.9. The molecule has 0 aromatic rings. The van der Waals surface area contributed by atoms with Crippen molar-refractivity contribution >= 4 is 5.97 Å². The summed E-state index contributed by atoms with van der Waals surface area (Å²) in [6.07, 6.45) is 48.2. The van der Waals surface area contributed by atoms with Crippen molar-refractivity contribution < 1.29 is 9.53 Å². The van der Waals surface area contributed by atoms with E-state index in [0.29, 0.717) is 13.0 Å². The first-order valence-electron chi connectivity index (χ1n) is 21.2. The van der Waals surface area contributed by atoms with Gasteiger partial charge in [0, 0.05) is 11.8 Å². The summed E-state index contributed by atoms with van der Waals surface area (Å²) in [6.45, 7) is 9.93. The topological polar surface area (TPSA) is 26.3 Å². The number of esters is 1. The van der Waals surface area contributed by atoms with Crippen LogP contribution in [0, 0.1) is 5.41 Å². The molecule has 1 unspecified atom stereocenters. The molecule has 2 heteroatoms. The second kappa shape index (κ2) is 36.3. The van der Waals surface area contributed by atoms with Crippen LogP contribution in [0.15, 0.2) is 0 Å². The summed E-state index contributed by atoms with van der Waals surface area (Å²) in [5.41, 5.74) is 0.160. The minimum atomic E-state index is 0.0508. The molecule has 0 fully saturated rings. The van der Waals surface area contributed by atoms with Crippen LogP contribution in [0.3, 0.4) is 0 Å². The van der Waals surface area contributed by atoms with Crippen LogP contribution in [0.5, 0.6) is 0 Å². The molecular formula is C43H86O2. The van der Waals surface area contributed by atoms with E-state index in [1.165, 1.54) is 218 Å². The van der Waals surface area contributed by atoms with Gasteiger partial charge in [0.25, 0.3) is 0 Å². The van der Waals surface area contributed by atoms with E-state index in [2.05, 4.69) is 27.7 Å². The molecule has 0 aromatic carbocycles. The molecule has 0 heterocycles. The Morgan fingerprint density at radius 3 is 0.911 bits per heavy atom. The predicted octanol–water partition coefficient (Wildman–Crippen LogP) is 15.6. The molecule has 0 aliphatic carbocycles. The number of ether oxygens (including phenoxy) is 1. The van der Waals surface area contributed by atoms with E-state index >= 15 is 0 Å². The third kappa shape index (κ3) is 34.6. The highest BCUT2D eigenvalue weighted by Crippen LogP contribution is 2.32. The van der Waals surface area contributed by atoms with Crippen molar-refractivity contribution in [2.24, 2.45) is 5.41 Å². The number of unbranched alkanes of at least 4 members (excludes halogenated alkanes) is 30. The SMILES string of the molecule is CCCCCCCCCCCCCCCCCC(=O)OCC(C)(CCCCCCCCCC)CCCCCCCCCCCC. The average Bonchev–Trinajstić information content (AvgIpc) is 3.04. The quantitative estimate of drug-likeness (QED) is 0.0499. The van der Waals surface area contributed by atoms with Gasteiger partial charge in [-0.3, -0.25) is 4.79 Å². The van der Waals surface area contributed by atoms with Crippen molar-refractivity contribution in [1.29, 1.82) is 0 Å². The summed E-state index contributed by atoms with van der Waals surface area (Å²) >= 11 is 0. The maximum absolute atomic E-state index is 12.6. The summed E-state index contributed by atoms with van der Waals surface area (Å²) in [4.78, 5) is 12.6. The Morgan fingerprint density at radius 2 is 0.622 bits per heavy atom. The van der Waals surface area contributed by atoms with Gasteiger partial charge in [-0.15, -0.1) is 0 Å². The van der Waals surface area contributed by atoms with Gasteiger partial charge in [-0.1, -0.05) is 233 Å². The summed E-state index contributed by atoms with van der Waals surface area (Å²) in [5, 5.41) is 0. The lowest BCUT2D eigenvalue weighted by molar-refractivity contribution is -0.147. The highest BCUT2D eigenvalue weighted by atomic mass is 16.5. The van der Waals surface area contributed by atoms with E-state index in [4.69, 9.17) is 4.74 Å². The number of rotatable bonds is 38. The molecule has 0 saturated heterocycles. The van der Waals surface area contributed by atoms with Gasteiger partial charge in [0.2, 0.25) is 0 Å². The molecule has 45 heavy (non-hydrogen) atoms. The predicted molar refractivity (Wildman–Crippen MR) is 202 cm³/mol. The smallest absolute Gasteiger partial charge is 0.305 e. The molecule has 0 aliphatic heterocycles. The zero-order chi connectivity index (χ0) is 32.9. The third-order valence-corrected chi connectivity index (χ3v) is 10.3. The first-order chi connectivity index (χ1) is 22.1. The Morgan fingerprint density at radius 1 is 0.378 bits per heavy atom. The van der Waals surface area contributed by atoms with E-state index < -0.39 is 0 Å². The van der Waals surface area contributed by atoms with Crippen LogP contribution in [-0.2, 0) is 9.53 Å². The van der Waals surface area contributed by atoms with Crippen molar-refractivity contribution in [3.8, 4) is 0 Å². The van der Waals surface area contributed by atoms with Gasteiger partial charge in [0.15, 0.2) is 0 Å². The zero-order valence-electron chi connectivity index (χ0n) is 32.0. The second-order valence-electron chi connectivity index (χ2n) is 15.3. The molecule has 0 bridgehead atoms. The van der Waals surface area contributed by atoms with Crippen LogP contribution in [0.25, 0.3) is 0 Å². The lowest BCUT2D eigenvalue weighted by Gasteiger charge is -2.29. The van der Waals surface area contributed by atoms with Gasteiger partial charge in [-0.25, -0.2) is 0 Å². The van der Waals surface area contributed by atoms with Gasteiger partial charge in [0.1, 0.15) is 0 Å². The van der Waals surface area contributed by atoms with Crippen LogP contribution in [0.2, 0.25) is 0 Å². The van der Waals surface area contributed by atoms with Gasteiger partial charge < -0.3 is 4.74 Å². The van der Waals surface area contributed by atoms with E-state index in [-0.39, 0.29) is 11.4 Å². The summed E-state index contributed by atoms with van der Waals surface area (Å²) in [5.74, 6) is 0.0508. The minimum Gasteiger partial charge on any atom is -0.465 e. The molecule has 0 aliphatic rings. The number of hydrogen-bond donors (Lipinski definition) is 0. The molecule has 0 amide bonds. The summed E-state index contributed by atoms with van der Waals surface area (Å²) < 4.78 is 5.95. The largest absolute Gasteiger partial charge is 0.465 e. The molecule has 0 aromatic heterocycles. The van der Waals surface area contributed by atoms with Gasteiger partial charge in [-0.2, -0.15) is 0 Å². The van der Waals surface area contributed by atoms with Crippen molar-refractivity contribution in [1.82, 2.24) is 0 Å². The lowest BCUT2D eigenvalue weighted by atomic mass is 9.80. The Labute approximate surface area is 285 Å². The van der Waals surface area contributed by atoms with E-state index in [0.717, 1.165) is 6.42 Å². The Hall–Kier alpha value is -0.530. The minimum absolute atomic E-state index is 0.0508. The Balaban J connectivity index is 4.06. The van der Waals surface area contributed by atoms with Gasteiger partial charge in [0.05, 0.1) is 6.61 Å². The summed E-state index contributed by atoms with van der Waals surface area (Å²) in [6, 6.07) is 0. The lowest BCUT2D eigenvalue weighted by Crippen LogP contribution is -2.25. The fourth-order valence-electron chi connectivity index (χ4n) is 6.96. The maximum atomic E-state index is 12.6. The number of carbonyl (C=O) groups excluding carboxylic acids is 1. The number of carbonyl (C=O) groups is 1. The zero-order valence-corrected chi connectivity index (χ0v) is 32.0. The molecule has 270 valence electrons. The second-order valence-corrected chi connectivity index (χ2v) is 15.3. The van der Waals surface area contributed by atoms with Crippen LogP contribution in [0.4, 0.5) is 0 Å². The monoisotopic (exact) mass is 635 g/mol. The van der Waals surface area contributed by atoms with Gasteiger partial charge >= 0.3 is 5.97 Å². The standard InChI is InChI=1S/C43H86O2/c1-5-8-11-14-17-20-22-23-24-25-26-27-29-32-35-38-42(44)45-41-43(4,39-36-33-30-19-16-13-10-7-3)40-37-34-31-28-21-18-15-12-9-6-2/h5-41H2,1-4H3. The number of hydrogen-bond acceptors (Lipinski definition) is 2. The molecular weight excluding hydrogens is 548 g/mol. The first-order valence-corrected chi connectivity index (χ1v) is 21.2. The van der Waals surface area contributed by atoms with Crippen molar-refractivity contribution in [3.05, 3.63) is 0 Å². The van der Waals surface area contributed by atoms with E-state index in [1.54, 1.807) is 0 Å². The van der Waals surface area contributed by atoms with Crippen LogP contribution in [0.1, 0.15) is 259 Å². The first kappa shape index (κ1) is 44.5. The van der Waals surface area contributed by atoms with Crippen LogP contribution < -0.4 is 0 Å². The van der Waals surface area contributed by atoms with Crippen molar-refractivity contribution in [3.63, 3.8) is 0 Å². The molecule has 1 atom stereocenters. The molecule has 0 saturated carbocycles. The highest BCUT2D eigenvalue weighted by molar-refractivity contribution is 5.69. The molecule has 2 nitrogen and oxygen atoms in total. The third-order valence-electron chi connectivity index (χ3n) is 10.3. The summed E-state index contributed by atoms with van der Waals surface area (Å²) in [7, 11) is 0. The van der Waals surface area contributed by atoms with E-state index in [9.17, 15) is 4.79 Å². The average molecular weight is 635 g/mol. The maximum Gasteiger partial charge on any atom is 0.305 e. The molecule has 0 N–H and O–H groups in total. The van der Waals surface area contributed by atoms with E-state index in [1.807, 2.05) is 0 Å². The molecule has 0 radical (unpaired) electrons. The Bertz CT molecular complexity index is 572. The van der Waals surface area contributed by atoms with Crippen LogP contribution in [-0.4, -0.2) is 12.6 Å². The van der Waals surface area contributed by atoms with Crippen LogP contribution >= 0.6 is 0 Å².